The van der Waals surface area contributed by atoms with Gasteiger partial charge in [-0.05, 0) is 49.7 Å². The van der Waals surface area contributed by atoms with E-state index in [1.807, 2.05) is 0 Å². The van der Waals surface area contributed by atoms with E-state index in [2.05, 4.69) is 72.6 Å². The van der Waals surface area contributed by atoms with E-state index in [0.29, 0.717) is 5.91 Å². The Labute approximate surface area is 182 Å². The second-order valence-electron chi connectivity index (χ2n) is 9.59. The molecule has 30 heavy (non-hydrogen) atoms. The Hall–Kier alpha value is -2.13. The van der Waals surface area contributed by atoms with Crippen LogP contribution in [-0.2, 0) is 10.2 Å². The van der Waals surface area contributed by atoms with Crippen molar-refractivity contribution in [1.82, 2.24) is 4.90 Å². The lowest BCUT2D eigenvalue weighted by atomic mass is 9.70. The van der Waals surface area contributed by atoms with Crippen molar-refractivity contribution in [2.24, 2.45) is 0 Å². The van der Waals surface area contributed by atoms with Gasteiger partial charge in [-0.1, -0.05) is 60.7 Å². The van der Waals surface area contributed by atoms with Crippen LogP contribution in [0.2, 0.25) is 0 Å². The molecule has 3 nitrogen and oxygen atoms in total. The molecule has 2 aromatic rings. The van der Waals surface area contributed by atoms with Gasteiger partial charge in [0.25, 0.3) is 0 Å². The van der Waals surface area contributed by atoms with Crippen LogP contribution >= 0.6 is 0 Å². The zero-order chi connectivity index (χ0) is 20.9. The first-order valence-electron chi connectivity index (χ1n) is 11.9. The second kappa shape index (κ2) is 9.34. The number of carbonyl (C=O) groups excluding carboxylic acids is 1. The van der Waals surface area contributed by atoms with Gasteiger partial charge in [-0.3, -0.25) is 4.79 Å². The summed E-state index contributed by atoms with van der Waals surface area (Å²) in [6.07, 6.45) is 8.32. The summed E-state index contributed by atoms with van der Waals surface area (Å²) in [5, 5.41) is 0. The summed E-state index contributed by atoms with van der Waals surface area (Å²) < 4.78 is 1.09. The third-order valence-electron chi connectivity index (χ3n) is 7.46. The second-order valence-corrected chi connectivity index (χ2v) is 9.59. The molecule has 0 radical (unpaired) electrons. The number of quaternary nitrogens is 1. The van der Waals surface area contributed by atoms with Crippen LogP contribution < -0.4 is 0 Å². The van der Waals surface area contributed by atoms with Crippen LogP contribution in [0.3, 0.4) is 0 Å². The maximum atomic E-state index is 14.3. The highest BCUT2D eigenvalue weighted by molar-refractivity contribution is 5.92. The Morgan fingerprint density at radius 2 is 1.30 bits per heavy atom. The molecule has 2 aliphatic rings. The molecule has 2 aliphatic heterocycles. The van der Waals surface area contributed by atoms with Gasteiger partial charge in [-0.15, -0.1) is 0 Å². The molecule has 0 atom stereocenters. The minimum atomic E-state index is -0.599. The molecule has 3 heteroatoms. The van der Waals surface area contributed by atoms with Crippen LogP contribution in [0.5, 0.6) is 0 Å². The highest BCUT2D eigenvalue weighted by Crippen LogP contribution is 2.39. The number of piperidine rings is 2. The minimum absolute atomic E-state index is 0.309. The van der Waals surface area contributed by atoms with Gasteiger partial charge in [-0.2, -0.15) is 0 Å². The van der Waals surface area contributed by atoms with Crippen molar-refractivity contribution < 1.29 is 9.28 Å². The van der Waals surface area contributed by atoms with E-state index in [-0.39, 0.29) is 0 Å². The quantitative estimate of drug-likeness (QED) is 0.619. The van der Waals surface area contributed by atoms with Gasteiger partial charge in [0.2, 0.25) is 5.91 Å². The topological polar surface area (TPSA) is 20.3 Å². The molecule has 4 rings (SSSR count). The smallest absolute Gasteiger partial charge is 0.237 e. The number of hydrogen-bond acceptors (Lipinski definition) is 1. The first-order valence-corrected chi connectivity index (χ1v) is 11.9. The van der Waals surface area contributed by atoms with E-state index in [4.69, 9.17) is 0 Å². The average Bonchev–Trinajstić information content (AvgIpc) is 2.82. The van der Waals surface area contributed by atoms with Crippen LogP contribution in [0.25, 0.3) is 0 Å². The normalized spacial score (nSPS) is 19.4. The summed E-state index contributed by atoms with van der Waals surface area (Å²) in [6, 6.07) is 21.2. The molecule has 0 saturated carbocycles. The van der Waals surface area contributed by atoms with E-state index < -0.39 is 5.41 Å². The van der Waals surface area contributed by atoms with E-state index in [9.17, 15) is 4.79 Å². The molecule has 0 N–H and O–H groups in total. The maximum absolute atomic E-state index is 14.3. The largest absolute Gasteiger partial charge is 0.342 e. The molecule has 2 fully saturated rings. The lowest BCUT2D eigenvalue weighted by Gasteiger charge is -2.43. The van der Waals surface area contributed by atoms with Gasteiger partial charge >= 0.3 is 0 Å². The average molecular weight is 406 g/mol. The van der Waals surface area contributed by atoms with Crippen molar-refractivity contribution in [3.63, 3.8) is 0 Å². The van der Waals surface area contributed by atoms with Crippen LogP contribution in [0.15, 0.2) is 60.7 Å². The third kappa shape index (κ3) is 4.32. The van der Waals surface area contributed by atoms with Crippen LogP contribution in [0, 0.1) is 0 Å². The number of hydrogen-bond donors (Lipinski definition) is 0. The fraction of sp³-hybridized carbons (Fsp3) is 0.519. The summed E-state index contributed by atoms with van der Waals surface area (Å²) in [6.45, 7) is 5.30. The zero-order valence-corrected chi connectivity index (χ0v) is 18.6. The van der Waals surface area contributed by atoms with Crippen molar-refractivity contribution in [3.8, 4) is 0 Å². The number of likely N-dealkylation sites (tertiary alicyclic amines) is 2. The fourth-order valence-electron chi connectivity index (χ4n) is 5.56. The fourth-order valence-corrected chi connectivity index (χ4v) is 5.56. The molecule has 0 bridgehead atoms. The first kappa shape index (κ1) is 21.1. The lowest BCUT2D eigenvalue weighted by Crippen LogP contribution is -2.54. The standard InChI is InChI=1S/C27H37N2O/c1-29(21-12-5-13-22-29)23-18-27(24-14-6-2-7-15-24,25-16-8-3-9-17-25)26(30)28-19-10-4-11-20-28/h2-3,6-9,14-17H,4-5,10-13,18-23H2,1H3/q+1. The van der Waals surface area contributed by atoms with E-state index in [1.165, 1.54) is 38.8 Å². The van der Waals surface area contributed by atoms with Crippen molar-refractivity contribution in [2.75, 3.05) is 39.8 Å². The summed E-state index contributed by atoms with van der Waals surface area (Å²) in [5.41, 5.74) is 1.70. The molecule has 0 aliphatic carbocycles. The first-order chi connectivity index (χ1) is 14.6. The number of nitrogens with zero attached hydrogens (tertiary/aromatic N) is 2. The number of carbonyl (C=O) groups is 1. The zero-order valence-electron chi connectivity index (χ0n) is 18.6. The molecular formula is C27H37N2O+. The molecule has 160 valence electrons. The van der Waals surface area contributed by atoms with Crippen molar-refractivity contribution >= 4 is 5.91 Å². The predicted octanol–water partition coefficient (Wildman–Crippen LogP) is 5.01. The Kier molecular flexibility index (Phi) is 6.58. The highest BCUT2D eigenvalue weighted by atomic mass is 16.2. The third-order valence-corrected chi connectivity index (χ3v) is 7.46. The summed E-state index contributed by atoms with van der Waals surface area (Å²) in [7, 11) is 2.39. The van der Waals surface area contributed by atoms with Gasteiger partial charge in [-0.25, -0.2) is 0 Å². The molecule has 0 spiro atoms. The van der Waals surface area contributed by atoms with Gasteiger partial charge in [0.05, 0.1) is 26.7 Å². The molecule has 1 amide bonds. The Balaban J connectivity index is 1.77. The van der Waals surface area contributed by atoms with Gasteiger partial charge in [0.15, 0.2) is 0 Å². The lowest BCUT2D eigenvalue weighted by molar-refractivity contribution is -0.914. The van der Waals surface area contributed by atoms with Gasteiger partial charge < -0.3 is 9.38 Å². The number of amides is 1. The molecule has 2 heterocycles. The van der Waals surface area contributed by atoms with Crippen LogP contribution in [0.1, 0.15) is 56.1 Å². The van der Waals surface area contributed by atoms with Crippen LogP contribution in [-0.4, -0.2) is 55.1 Å². The monoisotopic (exact) mass is 405 g/mol. The predicted molar refractivity (Wildman–Crippen MR) is 123 cm³/mol. The molecular weight excluding hydrogens is 368 g/mol. The molecule has 2 aromatic carbocycles. The van der Waals surface area contributed by atoms with Gasteiger partial charge in [0.1, 0.15) is 5.41 Å². The highest BCUT2D eigenvalue weighted by Gasteiger charge is 2.46. The Morgan fingerprint density at radius 3 is 1.83 bits per heavy atom. The van der Waals surface area contributed by atoms with Gasteiger partial charge in [0, 0.05) is 19.5 Å². The van der Waals surface area contributed by atoms with E-state index in [0.717, 1.165) is 54.5 Å². The van der Waals surface area contributed by atoms with Crippen LogP contribution in [0.4, 0.5) is 0 Å². The number of benzene rings is 2. The Morgan fingerprint density at radius 1 is 0.800 bits per heavy atom. The summed E-state index contributed by atoms with van der Waals surface area (Å²) in [4.78, 5) is 16.5. The van der Waals surface area contributed by atoms with E-state index >= 15 is 0 Å². The van der Waals surface area contributed by atoms with Crippen molar-refractivity contribution in [2.45, 2.75) is 50.4 Å². The summed E-state index contributed by atoms with van der Waals surface area (Å²) in [5.74, 6) is 0.309. The molecule has 0 unspecified atom stereocenters. The number of rotatable bonds is 6. The molecule has 2 saturated heterocycles. The van der Waals surface area contributed by atoms with Crippen molar-refractivity contribution in [3.05, 3.63) is 71.8 Å². The Bertz CT molecular complexity index is 766. The summed E-state index contributed by atoms with van der Waals surface area (Å²) >= 11 is 0. The van der Waals surface area contributed by atoms with Crippen molar-refractivity contribution in [1.29, 1.82) is 0 Å². The maximum Gasteiger partial charge on any atom is 0.237 e. The SMILES string of the molecule is C[N+]1(CCC(C(=O)N2CCCCC2)(c2ccccc2)c2ccccc2)CCCCC1. The molecule has 0 aromatic heterocycles. The van der Waals surface area contributed by atoms with E-state index in [1.54, 1.807) is 0 Å². The minimum Gasteiger partial charge on any atom is -0.342 e.